The SMILES string of the molecule is COC(CNC(=O)c1ccc(NC(=O)CC(C)C)c(F)c1)C(=O)O. The summed E-state index contributed by atoms with van der Waals surface area (Å²) in [5, 5.41) is 13.6. The Hall–Kier alpha value is -2.48. The molecular formula is C16H21FN2O5. The number of aliphatic carboxylic acids is 1. The van der Waals surface area contributed by atoms with E-state index < -0.39 is 23.8 Å². The van der Waals surface area contributed by atoms with E-state index in [-0.39, 0.29) is 36.0 Å². The fourth-order valence-electron chi connectivity index (χ4n) is 1.89. The quantitative estimate of drug-likeness (QED) is 0.667. The van der Waals surface area contributed by atoms with Gasteiger partial charge in [0.25, 0.3) is 5.91 Å². The van der Waals surface area contributed by atoms with Crippen LogP contribution >= 0.6 is 0 Å². The molecule has 0 spiro atoms. The van der Waals surface area contributed by atoms with Crippen molar-refractivity contribution in [3.63, 3.8) is 0 Å². The second kappa shape index (κ2) is 8.97. The molecule has 0 aliphatic carbocycles. The standard InChI is InChI=1S/C16H21FN2O5/c1-9(2)6-14(20)19-12-5-4-10(7-11(12)17)15(21)18-8-13(24-3)16(22)23/h4-5,7,9,13H,6,8H2,1-3H3,(H,18,21)(H,19,20)(H,22,23). The molecular weight excluding hydrogens is 319 g/mol. The summed E-state index contributed by atoms with van der Waals surface area (Å²) in [5.41, 5.74) is -0.00731. The van der Waals surface area contributed by atoms with E-state index in [2.05, 4.69) is 15.4 Å². The van der Waals surface area contributed by atoms with Crippen LogP contribution in [0.2, 0.25) is 0 Å². The van der Waals surface area contributed by atoms with Crippen LogP contribution in [-0.4, -0.2) is 42.6 Å². The van der Waals surface area contributed by atoms with Crippen LogP contribution in [0.1, 0.15) is 30.6 Å². The molecule has 0 aliphatic rings. The molecule has 0 fully saturated rings. The number of carboxylic acid groups (broad SMARTS) is 1. The first kappa shape index (κ1) is 19.6. The molecule has 3 N–H and O–H groups in total. The maximum Gasteiger partial charge on any atom is 0.334 e. The Morgan fingerprint density at radius 3 is 2.46 bits per heavy atom. The lowest BCUT2D eigenvalue weighted by molar-refractivity contribution is -0.148. The molecule has 1 aromatic carbocycles. The molecule has 0 saturated carbocycles. The zero-order valence-corrected chi connectivity index (χ0v) is 13.8. The van der Waals surface area contributed by atoms with Crippen LogP contribution in [-0.2, 0) is 14.3 Å². The van der Waals surface area contributed by atoms with E-state index in [0.717, 1.165) is 6.07 Å². The Bertz CT molecular complexity index is 618. The van der Waals surface area contributed by atoms with Crippen molar-refractivity contribution in [2.75, 3.05) is 19.0 Å². The largest absolute Gasteiger partial charge is 0.479 e. The predicted octanol–water partition coefficient (Wildman–Crippen LogP) is 1.64. The van der Waals surface area contributed by atoms with Crippen LogP contribution in [0, 0.1) is 11.7 Å². The predicted molar refractivity (Wildman–Crippen MR) is 85.3 cm³/mol. The van der Waals surface area contributed by atoms with Crippen molar-refractivity contribution in [2.24, 2.45) is 5.92 Å². The van der Waals surface area contributed by atoms with Crippen molar-refractivity contribution in [3.8, 4) is 0 Å². The van der Waals surface area contributed by atoms with E-state index in [1.54, 1.807) is 0 Å². The van der Waals surface area contributed by atoms with Gasteiger partial charge in [-0.05, 0) is 24.1 Å². The summed E-state index contributed by atoms with van der Waals surface area (Å²) in [4.78, 5) is 34.3. The molecule has 132 valence electrons. The van der Waals surface area contributed by atoms with Crippen LogP contribution in [0.5, 0.6) is 0 Å². The third-order valence-electron chi connectivity index (χ3n) is 3.11. The number of halogens is 1. The maximum atomic E-state index is 14.0. The lowest BCUT2D eigenvalue weighted by Gasteiger charge is -2.12. The normalized spacial score (nSPS) is 11.9. The third-order valence-corrected chi connectivity index (χ3v) is 3.11. The number of hydrogen-bond acceptors (Lipinski definition) is 4. The molecule has 0 heterocycles. The van der Waals surface area contributed by atoms with Crippen LogP contribution in [0.25, 0.3) is 0 Å². The van der Waals surface area contributed by atoms with E-state index >= 15 is 0 Å². The molecule has 2 amide bonds. The molecule has 0 saturated heterocycles. The first-order valence-electron chi connectivity index (χ1n) is 7.37. The molecule has 1 atom stereocenters. The summed E-state index contributed by atoms with van der Waals surface area (Å²) < 4.78 is 18.7. The van der Waals surface area contributed by atoms with E-state index in [1.807, 2.05) is 13.8 Å². The van der Waals surface area contributed by atoms with Gasteiger partial charge in [0.15, 0.2) is 6.10 Å². The number of hydrogen-bond donors (Lipinski definition) is 3. The van der Waals surface area contributed by atoms with Crippen LogP contribution in [0.4, 0.5) is 10.1 Å². The van der Waals surface area contributed by atoms with Crippen molar-refractivity contribution in [2.45, 2.75) is 26.4 Å². The van der Waals surface area contributed by atoms with Gasteiger partial charge in [0.1, 0.15) is 5.82 Å². The molecule has 24 heavy (non-hydrogen) atoms. The highest BCUT2D eigenvalue weighted by atomic mass is 19.1. The summed E-state index contributed by atoms with van der Waals surface area (Å²) >= 11 is 0. The van der Waals surface area contributed by atoms with Gasteiger partial charge < -0.3 is 20.5 Å². The van der Waals surface area contributed by atoms with Gasteiger partial charge in [0, 0.05) is 19.1 Å². The average molecular weight is 340 g/mol. The van der Waals surface area contributed by atoms with E-state index in [9.17, 15) is 18.8 Å². The van der Waals surface area contributed by atoms with E-state index in [0.29, 0.717) is 0 Å². The van der Waals surface area contributed by atoms with Gasteiger partial charge in [0.2, 0.25) is 5.91 Å². The van der Waals surface area contributed by atoms with Gasteiger partial charge in [-0.3, -0.25) is 9.59 Å². The fraction of sp³-hybridized carbons (Fsp3) is 0.438. The Morgan fingerprint density at radius 2 is 1.96 bits per heavy atom. The van der Waals surface area contributed by atoms with Crippen molar-refractivity contribution in [3.05, 3.63) is 29.6 Å². The monoisotopic (exact) mass is 340 g/mol. The molecule has 7 nitrogen and oxygen atoms in total. The lowest BCUT2D eigenvalue weighted by atomic mass is 10.1. The van der Waals surface area contributed by atoms with E-state index in [4.69, 9.17) is 5.11 Å². The summed E-state index contributed by atoms with van der Waals surface area (Å²) in [7, 11) is 1.21. The van der Waals surface area contributed by atoms with Gasteiger partial charge >= 0.3 is 5.97 Å². The lowest BCUT2D eigenvalue weighted by Crippen LogP contribution is -2.37. The molecule has 1 rings (SSSR count). The molecule has 8 heteroatoms. The highest BCUT2D eigenvalue weighted by Gasteiger charge is 2.18. The van der Waals surface area contributed by atoms with Crippen molar-refractivity contribution >= 4 is 23.5 Å². The van der Waals surface area contributed by atoms with Crippen molar-refractivity contribution < 1.29 is 28.6 Å². The number of anilines is 1. The number of carbonyl (C=O) groups excluding carboxylic acids is 2. The topological polar surface area (TPSA) is 105 Å². The molecule has 0 aromatic heterocycles. The number of rotatable bonds is 8. The molecule has 1 aromatic rings. The number of methoxy groups -OCH3 is 1. The second-order valence-electron chi connectivity index (χ2n) is 5.61. The second-order valence-corrected chi connectivity index (χ2v) is 5.61. The number of carbonyl (C=O) groups is 3. The van der Waals surface area contributed by atoms with E-state index in [1.165, 1.54) is 19.2 Å². The molecule has 0 bridgehead atoms. The maximum absolute atomic E-state index is 14.0. The summed E-state index contributed by atoms with van der Waals surface area (Å²) in [5.74, 6) is -2.78. The van der Waals surface area contributed by atoms with Gasteiger partial charge in [-0.15, -0.1) is 0 Å². The summed E-state index contributed by atoms with van der Waals surface area (Å²) in [6.07, 6.45) is -0.927. The first-order chi connectivity index (χ1) is 11.2. The molecule has 1 unspecified atom stereocenters. The minimum absolute atomic E-state index is 0.00889. The smallest absolute Gasteiger partial charge is 0.334 e. The number of ether oxygens (including phenoxy) is 1. The first-order valence-corrected chi connectivity index (χ1v) is 7.37. The summed E-state index contributed by atoms with van der Waals surface area (Å²) in [6.45, 7) is 3.49. The highest BCUT2D eigenvalue weighted by molar-refractivity contribution is 5.96. The van der Waals surface area contributed by atoms with Crippen molar-refractivity contribution in [1.29, 1.82) is 0 Å². The Kier molecular flexibility index (Phi) is 7.31. The minimum atomic E-state index is -1.22. The van der Waals surface area contributed by atoms with Crippen LogP contribution in [0.15, 0.2) is 18.2 Å². The molecule has 0 aliphatic heterocycles. The molecule has 0 radical (unpaired) electrons. The fourth-order valence-corrected chi connectivity index (χ4v) is 1.89. The Balaban J connectivity index is 2.71. The van der Waals surface area contributed by atoms with Gasteiger partial charge in [-0.25, -0.2) is 9.18 Å². The highest BCUT2D eigenvalue weighted by Crippen LogP contribution is 2.17. The van der Waals surface area contributed by atoms with Gasteiger partial charge in [-0.1, -0.05) is 13.8 Å². The van der Waals surface area contributed by atoms with Gasteiger partial charge in [-0.2, -0.15) is 0 Å². The van der Waals surface area contributed by atoms with Crippen LogP contribution in [0.3, 0.4) is 0 Å². The minimum Gasteiger partial charge on any atom is -0.479 e. The number of nitrogens with one attached hydrogen (secondary N) is 2. The Morgan fingerprint density at radius 1 is 1.29 bits per heavy atom. The average Bonchev–Trinajstić information content (AvgIpc) is 2.48. The number of benzene rings is 1. The number of amides is 2. The summed E-state index contributed by atoms with van der Waals surface area (Å²) in [6, 6.07) is 3.60. The van der Waals surface area contributed by atoms with Crippen molar-refractivity contribution in [1.82, 2.24) is 5.32 Å². The zero-order valence-electron chi connectivity index (χ0n) is 13.8. The number of carboxylic acids is 1. The Labute approximate surface area is 139 Å². The zero-order chi connectivity index (χ0) is 18.3. The van der Waals surface area contributed by atoms with Crippen LogP contribution < -0.4 is 10.6 Å². The van der Waals surface area contributed by atoms with Gasteiger partial charge in [0.05, 0.1) is 12.2 Å². The third kappa shape index (κ3) is 5.96.